The van der Waals surface area contributed by atoms with Crippen LogP contribution in [0.4, 0.5) is 0 Å². The normalized spacial score (nSPS) is 26.6. The molecule has 0 saturated carbocycles. The molecule has 0 spiro atoms. The summed E-state index contributed by atoms with van der Waals surface area (Å²) in [5.74, 6) is 2.84. The van der Waals surface area contributed by atoms with E-state index in [1.54, 1.807) is 0 Å². The van der Waals surface area contributed by atoms with E-state index in [9.17, 15) is 4.79 Å². The molecule has 0 radical (unpaired) electrons. The molecule has 4 heteroatoms. The number of ether oxygens (including phenoxy) is 1. The van der Waals surface area contributed by atoms with E-state index >= 15 is 0 Å². The van der Waals surface area contributed by atoms with Gasteiger partial charge in [0, 0.05) is 12.2 Å². The van der Waals surface area contributed by atoms with Gasteiger partial charge in [0.1, 0.15) is 0 Å². The molecule has 1 N–H and O–H groups in total. The summed E-state index contributed by atoms with van der Waals surface area (Å²) in [5.41, 5.74) is 1.36. The van der Waals surface area contributed by atoms with Crippen LogP contribution >= 0.6 is 11.8 Å². The van der Waals surface area contributed by atoms with Gasteiger partial charge in [0.25, 0.3) is 0 Å². The van der Waals surface area contributed by atoms with Gasteiger partial charge in [-0.1, -0.05) is 54.6 Å². The number of rotatable bonds is 12. The van der Waals surface area contributed by atoms with Gasteiger partial charge in [-0.2, -0.15) is 11.8 Å². The molecule has 3 nitrogen and oxygen atoms in total. The van der Waals surface area contributed by atoms with Gasteiger partial charge in [-0.3, -0.25) is 4.79 Å². The van der Waals surface area contributed by atoms with E-state index in [-0.39, 0.29) is 6.42 Å². The fourth-order valence-electron chi connectivity index (χ4n) is 4.34. The zero-order valence-corrected chi connectivity index (χ0v) is 17.4. The first kappa shape index (κ1) is 21.2. The Hall–Kier alpha value is -1.52. The molecule has 4 atom stereocenters. The molecular formula is C24H32O3S. The molecule has 0 unspecified atom stereocenters. The second-order valence-corrected chi connectivity index (χ2v) is 8.88. The fourth-order valence-corrected chi connectivity index (χ4v) is 5.49. The second-order valence-electron chi connectivity index (χ2n) is 7.81. The van der Waals surface area contributed by atoms with Crippen LogP contribution in [-0.4, -0.2) is 34.8 Å². The number of carboxylic acids is 1. The maximum Gasteiger partial charge on any atom is 0.303 e. The predicted octanol–water partition coefficient (Wildman–Crippen LogP) is 5.51. The summed E-state index contributed by atoms with van der Waals surface area (Å²) in [6, 6.07) is 10.6. The summed E-state index contributed by atoms with van der Waals surface area (Å²) < 4.78 is 6.20. The van der Waals surface area contributed by atoms with Crippen LogP contribution < -0.4 is 0 Å². The van der Waals surface area contributed by atoms with E-state index in [4.69, 9.17) is 9.84 Å². The highest BCUT2D eigenvalue weighted by molar-refractivity contribution is 7.99. The van der Waals surface area contributed by atoms with Gasteiger partial charge in [0.15, 0.2) is 0 Å². The molecule has 0 aromatic heterocycles. The molecular weight excluding hydrogens is 368 g/mol. The molecule has 0 aliphatic carbocycles. The van der Waals surface area contributed by atoms with Crippen LogP contribution in [0, 0.1) is 11.8 Å². The van der Waals surface area contributed by atoms with E-state index in [0.29, 0.717) is 24.0 Å². The van der Waals surface area contributed by atoms with Crippen molar-refractivity contribution in [2.75, 3.05) is 11.5 Å². The molecule has 2 aliphatic heterocycles. The first-order chi connectivity index (χ1) is 13.7. The van der Waals surface area contributed by atoms with Crippen molar-refractivity contribution in [3.05, 3.63) is 60.2 Å². The van der Waals surface area contributed by atoms with Crippen molar-refractivity contribution >= 4 is 17.7 Å². The number of aliphatic carboxylic acids is 1. The van der Waals surface area contributed by atoms with Crippen molar-refractivity contribution < 1.29 is 14.6 Å². The van der Waals surface area contributed by atoms with Gasteiger partial charge in [0.2, 0.25) is 0 Å². The standard InChI is InChI=1S/C24H32O3S/c25-24(26)14-7-2-1-6-13-20-21(23-16-15-22(20)27-23)18-28-17-9-8-12-19-10-4-3-5-11-19/h1,3-6,8-11,20-23H,2,7,12-18H2,(H,25,26)/b6-1-,9-8+/t20-,21+,22-,23+/m1/s1. The van der Waals surface area contributed by atoms with Crippen molar-refractivity contribution in [1.29, 1.82) is 0 Å². The lowest BCUT2D eigenvalue weighted by Crippen LogP contribution is -2.28. The Labute approximate surface area is 173 Å². The minimum Gasteiger partial charge on any atom is -0.481 e. The Morgan fingerprint density at radius 1 is 1.07 bits per heavy atom. The molecule has 2 fully saturated rings. The number of carbonyl (C=O) groups is 1. The number of carboxylic acid groups (broad SMARTS) is 1. The van der Waals surface area contributed by atoms with Gasteiger partial charge < -0.3 is 9.84 Å². The molecule has 1 aromatic carbocycles. The predicted molar refractivity (Wildman–Crippen MR) is 117 cm³/mol. The first-order valence-corrected chi connectivity index (χ1v) is 11.7. The van der Waals surface area contributed by atoms with E-state index in [0.717, 1.165) is 31.4 Å². The zero-order chi connectivity index (χ0) is 19.6. The van der Waals surface area contributed by atoms with E-state index < -0.39 is 5.97 Å². The van der Waals surface area contributed by atoms with Crippen molar-refractivity contribution in [3.8, 4) is 0 Å². The average molecular weight is 401 g/mol. The summed E-state index contributed by atoms with van der Waals surface area (Å²) >= 11 is 2.02. The smallest absolute Gasteiger partial charge is 0.303 e. The average Bonchev–Trinajstić information content (AvgIpc) is 3.30. The number of thioether (sulfide) groups is 1. The Balaban J connectivity index is 1.36. The lowest BCUT2D eigenvalue weighted by molar-refractivity contribution is -0.137. The molecule has 28 heavy (non-hydrogen) atoms. The van der Waals surface area contributed by atoms with Gasteiger partial charge in [0.05, 0.1) is 12.2 Å². The first-order valence-electron chi connectivity index (χ1n) is 10.5. The van der Waals surface area contributed by atoms with E-state index in [1.165, 1.54) is 24.2 Å². The number of hydrogen-bond acceptors (Lipinski definition) is 3. The number of unbranched alkanes of at least 4 members (excludes halogenated alkanes) is 1. The maximum atomic E-state index is 10.6. The Morgan fingerprint density at radius 3 is 2.64 bits per heavy atom. The summed E-state index contributed by atoms with van der Waals surface area (Å²) in [4.78, 5) is 10.6. The van der Waals surface area contributed by atoms with Crippen LogP contribution in [0.1, 0.15) is 44.1 Å². The largest absolute Gasteiger partial charge is 0.481 e. The van der Waals surface area contributed by atoms with Crippen LogP contribution in [0.5, 0.6) is 0 Å². The topological polar surface area (TPSA) is 46.5 Å². The van der Waals surface area contributed by atoms with Crippen LogP contribution in [-0.2, 0) is 16.0 Å². The molecule has 0 amide bonds. The summed E-state index contributed by atoms with van der Waals surface area (Å²) in [6.45, 7) is 0. The molecule has 3 rings (SSSR count). The van der Waals surface area contributed by atoms with Gasteiger partial charge >= 0.3 is 5.97 Å². The monoisotopic (exact) mass is 400 g/mol. The Morgan fingerprint density at radius 2 is 1.86 bits per heavy atom. The van der Waals surface area contributed by atoms with Crippen LogP contribution in [0.15, 0.2) is 54.6 Å². The van der Waals surface area contributed by atoms with Gasteiger partial charge in [-0.25, -0.2) is 0 Å². The molecule has 152 valence electrons. The molecule has 1 aromatic rings. The highest BCUT2D eigenvalue weighted by Gasteiger charge is 2.47. The van der Waals surface area contributed by atoms with Crippen LogP contribution in [0.25, 0.3) is 0 Å². The summed E-state index contributed by atoms with van der Waals surface area (Å²) in [5, 5.41) is 8.70. The third kappa shape index (κ3) is 6.52. The number of fused-ring (bicyclic) bond motifs is 2. The van der Waals surface area contributed by atoms with Crippen molar-refractivity contribution in [2.24, 2.45) is 11.8 Å². The third-order valence-corrected chi connectivity index (χ3v) is 6.86. The molecule has 2 saturated heterocycles. The summed E-state index contributed by atoms with van der Waals surface area (Å²) in [7, 11) is 0. The molecule has 2 aliphatic rings. The highest BCUT2D eigenvalue weighted by atomic mass is 32.2. The third-order valence-electron chi connectivity index (χ3n) is 5.81. The highest BCUT2D eigenvalue weighted by Crippen LogP contribution is 2.46. The van der Waals surface area contributed by atoms with Crippen molar-refractivity contribution in [2.45, 2.75) is 57.2 Å². The quantitative estimate of drug-likeness (QED) is 0.371. The molecule has 2 heterocycles. The number of benzene rings is 1. The SMILES string of the molecule is O=C(O)CCC/C=C\C[C@@H]1[C@H](CSC/C=C/Cc2ccccc2)[C@@H]2CC[C@H]1O2. The van der Waals surface area contributed by atoms with Gasteiger partial charge in [-0.15, -0.1) is 0 Å². The zero-order valence-electron chi connectivity index (χ0n) is 16.5. The Bertz CT molecular complexity index is 655. The van der Waals surface area contributed by atoms with Crippen molar-refractivity contribution in [1.82, 2.24) is 0 Å². The minimum absolute atomic E-state index is 0.263. The lowest BCUT2D eigenvalue weighted by Gasteiger charge is -2.26. The van der Waals surface area contributed by atoms with E-state index in [2.05, 4.69) is 54.6 Å². The number of hydrogen-bond donors (Lipinski definition) is 1. The maximum absolute atomic E-state index is 10.6. The van der Waals surface area contributed by atoms with Gasteiger partial charge in [-0.05, 0) is 61.7 Å². The fraction of sp³-hybridized carbons (Fsp3) is 0.542. The second kappa shape index (κ2) is 11.5. The summed E-state index contributed by atoms with van der Waals surface area (Å²) in [6.07, 6.45) is 16.2. The van der Waals surface area contributed by atoms with Crippen LogP contribution in [0.3, 0.4) is 0 Å². The minimum atomic E-state index is -0.704. The Kier molecular flexibility index (Phi) is 8.69. The van der Waals surface area contributed by atoms with Crippen molar-refractivity contribution in [3.63, 3.8) is 0 Å². The number of allylic oxidation sites excluding steroid dienone is 3. The molecule has 2 bridgehead atoms. The van der Waals surface area contributed by atoms with Crippen LogP contribution in [0.2, 0.25) is 0 Å². The van der Waals surface area contributed by atoms with E-state index in [1.807, 2.05) is 11.8 Å². The lowest BCUT2D eigenvalue weighted by atomic mass is 9.78.